The predicted molar refractivity (Wildman–Crippen MR) is 158 cm³/mol. The third kappa shape index (κ3) is 12.5. The first-order valence-corrected chi connectivity index (χ1v) is 13.8. The minimum Gasteiger partial charge on any atom is -0.494 e. The number of halogens is 3. The molecule has 44 heavy (non-hydrogen) atoms. The molecule has 0 saturated heterocycles. The van der Waals surface area contributed by atoms with Crippen LogP contribution in [0.5, 0.6) is 11.5 Å². The van der Waals surface area contributed by atoms with E-state index >= 15 is 0 Å². The fourth-order valence-corrected chi connectivity index (χ4v) is 3.78. The Morgan fingerprint density at radius 3 is 1.98 bits per heavy atom. The molecule has 0 amide bonds. The largest absolute Gasteiger partial charge is 0.494 e. The maximum Gasteiger partial charge on any atom is 0.389 e. The van der Waals surface area contributed by atoms with Crippen molar-refractivity contribution in [3.05, 3.63) is 89.5 Å². The molecule has 234 valence electrons. The molecule has 0 aromatic heterocycles. The van der Waals surface area contributed by atoms with Crippen molar-refractivity contribution >= 4 is 35.4 Å². The number of benzene rings is 3. The SMILES string of the molecule is Nc1cc(N)cc(C(=O)OCCCOC(=O)C=Cc2ccc(OC(=O)c3ccc(OCCCCCC(F)(F)F)cc3)cc2)c1. The van der Waals surface area contributed by atoms with Crippen molar-refractivity contribution < 1.29 is 46.5 Å². The molecule has 3 aromatic carbocycles. The van der Waals surface area contributed by atoms with Gasteiger partial charge < -0.3 is 30.4 Å². The van der Waals surface area contributed by atoms with Crippen LogP contribution in [0.1, 0.15) is 58.4 Å². The Hall–Kier alpha value is -5.00. The smallest absolute Gasteiger partial charge is 0.389 e. The van der Waals surface area contributed by atoms with E-state index in [1.54, 1.807) is 36.4 Å². The number of nitrogen functional groups attached to an aromatic ring is 2. The highest BCUT2D eigenvalue weighted by Crippen LogP contribution is 2.23. The van der Waals surface area contributed by atoms with Gasteiger partial charge in [0.25, 0.3) is 0 Å². The second-order valence-electron chi connectivity index (χ2n) is 9.64. The van der Waals surface area contributed by atoms with Gasteiger partial charge in [-0.3, -0.25) is 0 Å². The van der Waals surface area contributed by atoms with Crippen molar-refractivity contribution in [2.45, 2.75) is 38.3 Å². The van der Waals surface area contributed by atoms with Crippen LogP contribution in [0.3, 0.4) is 0 Å². The van der Waals surface area contributed by atoms with Crippen molar-refractivity contribution in [1.29, 1.82) is 0 Å². The highest BCUT2D eigenvalue weighted by Gasteiger charge is 2.25. The summed E-state index contributed by atoms with van der Waals surface area (Å²) in [4.78, 5) is 36.5. The van der Waals surface area contributed by atoms with Crippen molar-refractivity contribution in [2.24, 2.45) is 0 Å². The number of rotatable bonds is 15. The second kappa shape index (κ2) is 16.6. The summed E-state index contributed by atoms with van der Waals surface area (Å²) in [5.41, 5.74) is 13.2. The lowest BCUT2D eigenvalue weighted by atomic mass is 10.2. The van der Waals surface area contributed by atoms with E-state index < -0.39 is 30.5 Å². The average Bonchev–Trinajstić information content (AvgIpc) is 2.97. The summed E-state index contributed by atoms with van der Waals surface area (Å²) in [6, 6.07) is 17.1. The molecule has 3 rings (SSSR count). The van der Waals surface area contributed by atoms with E-state index in [-0.39, 0.29) is 31.8 Å². The molecule has 0 bridgehead atoms. The van der Waals surface area contributed by atoms with Gasteiger partial charge in [0.1, 0.15) is 11.5 Å². The number of hydrogen-bond acceptors (Lipinski definition) is 9. The molecule has 0 heterocycles. The fourth-order valence-electron chi connectivity index (χ4n) is 3.78. The first-order chi connectivity index (χ1) is 21.0. The number of alkyl halides is 3. The topological polar surface area (TPSA) is 140 Å². The van der Waals surface area contributed by atoms with Crippen LogP contribution in [0.15, 0.2) is 72.8 Å². The second-order valence-corrected chi connectivity index (χ2v) is 9.64. The molecule has 0 aliphatic heterocycles. The maximum atomic E-state index is 12.5. The molecule has 0 aliphatic rings. The van der Waals surface area contributed by atoms with Gasteiger partial charge in [0, 0.05) is 30.3 Å². The number of anilines is 2. The number of carbonyl (C=O) groups excluding carboxylic acids is 3. The molecule has 0 fully saturated rings. The standard InChI is InChI=1S/C32H33F3N2O7/c33-32(34,35)15-2-1-3-16-41-27-12-8-23(9-13-27)31(40)44-28-10-5-22(6-11-28)7-14-29(38)42-17-4-18-43-30(39)24-19-25(36)21-26(37)20-24/h5-14,19-21H,1-4,15-18,36-37H2. The number of carbonyl (C=O) groups is 3. The van der Waals surface area contributed by atoms with Crippen molar-refractivity contribution in [2.75, 3.05) is 31.3 Å². The minimum absolute atomic E-state index is 0.0413. The van der Waals surface area contributed by atoms with Crippen LogP contribution in [0, 0.1) is 0 Å². The zero-order valence-corrected chi connectivity index (χ0v) is 23.8. The van der Waals surface area contributed by atoms with E-state index in [1.807, 2.05) is 0 Å². The van der Waals surface area contributed by atoms with E-state index in [0.717, 1.165) is 0 Å². The Morgan fingerprint density at radius 2 is 1.32 bits per heavy atom. The molecule has 0 atom stereocenters. The molecule has 0 unspecified atom stereocenters. The summed E-state index contributed by atoms with van der Waals surface area (Å²) in [6.07, 6.45) is -0.894. The summed E-state index contributed by atoms with van der Waals surface area (Å²) in [7, 11) is 0. The fraction of sp³-hybridized carbons (Fsp3) is 0.281. The van der Waals surface area contributed by atoms with E-state index in [4.69, 9.17) is 30.4 Å². The van der Waals surface area contributed by atoms with Crippen LogP contribution < -0.4 is 20.9 Å². The molecular formula is C32H33F3N2O7. The van der Waals surface area contributed by atoms with Gasteiger partial charge in [-0.1, -0.05) is 12.1 Å². The first kappa shape index (κ1) is 33.5. The van der Waals surface area contributed by atoms with Gasteiger partial charge in [0.05, 0.1) is 30.9 Å². The van der Waals surface area contributed by atoms with Crippen LogP contribution in [0.4, 0.5) is 24.5 Å². The number of ether oxygens (including phenoxy) is 4. The molecule has 4 N–H and O–H groups in total. The minimum atomic E-state index is -4.14. The summed E-state index contributed by atoms with van der Waals surface area (Å²) >= 11 is 0. The molecule has 0 spiro atoms. The number of esters is 3. The third-order valence-electron chi connectivity index (χ3n) is 5.95. The molecule has 12 heteroatoms. The molecule has 0 radical (unpaired) electrons. The van der Waals surface area contributed by atoms with E-state index in [2.05, 4.69) is 0 Å². The van der Waals surface area contributed by atoms with Crippen molar-refractivity contribution in [3.63, 3.8) is 0 Å². The predicted octanol–water partition coefficient (Wildman–Crippen LogP) is 6.38. The van der Waals surface area contributed by atoms with Gasteiger partial charge >= 0.3 is 24.1 Å². The van der Waals surface area contributed by atoms with Gasteiger partial charge in [-0.25, -0.2) is 14.4 Å². The van der Waals surface area contributed by atoms with Gasteiger partial charge in [-0.15, -0.1) is 0 Å². The summed E-state index contributed by atoms with van der Waals surface area (Å²) in [5.74, 6) is -0.953. The number of hydrogen-bond donors (Lipinski definition) is 2. The van der Waals surface area contributed by atoms with Gasteiger partial charge in [0.2, 0.25) is 0 Å². The molecule has 0 aliphatic carbocycles. The number of unbranched alkanes of at least 4 members (excludes halogenated alkanes) is 2. The summed E-state index contributed by atoms with van der Waals surface area (Å²) < 4.78 is 57.6. The normalized spacial score (nSPS) is 11.2. The van der Waals surface area contributed by atoms with E-state index in [9.17, 15) is 27.6 Å². The van der Waals surface area contributed by atoms with Crippen molar-refractivity contribution in [1.82, 2.24) is 0 Å². The Labute approximate surface area is 252 Å². The van der Waals surface area contributed by atoms with Gasteiger partial charge in [-0.05, 0) is 85.5 Å². The van der Waals surface area contributed by atoms with Gasteiger partial charge in [0.15, 0.2) is 0 Å². The lowest BCUT2D eigenvalue weighted by Gasteiger charge is -2.08. The van der Waals surface area contributed by atoms with Crippen LogP contribution in [-0.2, 0) is 14.3 Å². The molecular weight excluding hydrogens is 581 g/mol. The van der Waals surface area contributed by atoms with Crippen LogP contribution in [0.25, 0.3) is 6.08 Å². The zero-order valence-electron chi connectivity index (χ0n) is 23.8. The van der Waals surface area contributed by atoms with Crippen LogP contribution in [-0.4, -0.2) is 43.9 Å². The average molecular weight is 615 g/mol. The lowest BCUT2D eigenvalue weighted by molar-refractivity contribution is -0.138. The summed E-state index contributed by atoms with van der Waals surface area (Å²) in [5, 5.41) is 0. The molecule has 3 aromatic rings. The Kier molecular flexibility index (Phi) is 12.6. The number of nitrogens with two attached hydrogens (primary N) is 2. The highest BCUT2D eigenvalue weighted by molar-refractivity contribution is 5.92. The Balaban J connectivity index is 1.33. The maximum absolute atomic E-state index is 12.5. The lowest BCUT2D eigenvalue weighted by Crippen LogP contribution is -2.10. The van der Waals surface area contributed by atoms with E-state index in [1.165, 1.54) is 42.5 Å². The van der Waals surface area contributed by atoms with Gasteiger partial charge in [-0.2, -0.15) is 13.2 Å². The Bertz CT molecular complexity index is 1400. The van der Waals surface area contributed by atoms with Crippen LogP contribution >= 0.6 is 0 Å². The first-order valence-electron chi connectivity index (χ1n) is 13.8. The van der Waals surface area contributed by atoms with E-state index in [0.29, 0.717) is 53.3 Å². The zero-order chi connectivity index (χ0) is 32.0. The van der Waals surface area contributed by atoms with Crippen molar-refractivity contribution in [3.8, 4) is 11.5 Å². The quantitative estimate of drug-likeness (QED) is 0.0656. The third-order valence-corrected chi connectivity index (χ3v) is 5.95. The summed E-state index contributed by atoms with van der Waals surface area (Å²) in [6.45, 7) is 0.363. The monoisotopic (exact) mass is 614 g/mol. The Morgan fingerprint density at radius 1 is 0.682 bits per heavy atom. The molecule has 9 nitrogen and oxygen atoms in total. The van der Waals surface area contributed by atoms with Crippen LogP contribution in [0.2, 0.25) is 0 Å². The molecule has 0 saturated carbocycles. The highest BCUT2D eigenvalue weighted by atomic mass is 19.4.